The number of anilines is 1. The first-order valence-corrected chi connectivity index (χ1v) is 6.36. The predicted octanol–water partition coefficient (Wildman–Crippen LogP) is 2.10. The van der Waals surface area contributed by atoms with Crippen LogP contribution in [0.4, 0.5) is 5.82 Å². The van der Waals surface area contributed by atoms with E-state index in [0.717, 1.165) is 43.6 Å². The topological polar surface area (TPSA) is 19.4 Å². The number of hydrogen-bond acceptors (Lipinski definition) is 3. The molecule has 1 aliphatic heterocycles. The van der Waals surface area contributed by atoms with Crippen LogP contribution in [0.1, 0.15) is 0 Å². The smallest absolute Gasteiger partial charge is 0.147 e. The number of halogens is 2. The second-order valence-electron chi connectivity index (χ2n) is 3.83. The van der Waals surface area contributed by atoms with Crippen LogP contribution in [0.3, 0.4) is 0 Å². The Morgan fingerprint density at radius 1 is 1.25 bits per heavy atom. The zero-order chi connectivity index (χ0) is 11.4. The van der Waals surface area contributed by atoms with E-state index in [2.05, 4.69) is 14.8 Å². The molecule has 0 saturated carbocycles. The monoisotopic (exact) mass is 259 g/mol. The summed E-state index contributed by atoms with van der Waals surface area (Å²) in [5.74, 6) is 1.60. The Bertz CT molecular complexity index is 338. The highest BCUT2D eigenvalue weighted by Gasteiger charge is 2.18. The molecule has 1 aromatic rings. The Labute approximate surface area is 106 Å². The molecular formula is C11H15Cl2N3. The maximum Gasteiger partial charge on any atom is 0.147 e. The van der Waals surface area contributed by atoms with Gasteiger partial charge in [0, 0.05) is 44.8 Å². The molecule has 0 aromatic carbocycles. The van der Waals surface area contributed by atoms with Crippen molar-refractivity contribution in [3.8, 4) is 0 Å². The third kappa shape index (κ3) is 2.78. The van der Waals surface area contributed by atoms with Crippen molar-refractivity contribution in [3.63, 3.8) is 0 Å². The maximum atomic E-state index is 6.12. The van der Waals surface area contributed by atoms with E-state index in [1.165, 1.54) is 0 Å². The summed E-state index contributed by atoms with van der Waals surface area (Å²) in [7, 11) is 0. The van der Waals surface area contributed by atoms with Gasteiger partial charge in [0.15, 0.2) is 0 Å². The molecule has 0 unspecified atom stereocenters. The summed E-state index contributed by atoms with van der Waals surface area (Å²) in [4.78, 5) is 8.91. The van der Waals surface area contributed by atoms with Crippen molar-refractivity contribution in [2.24, 2.45) is 0 Å². The van der Waals surface area contributed by atoms with Crippen molar-refractivity contribution in [2.45, 2.75) is 0 Å². The number of rotatable bonds is 3. The summed E-state index contributed by atoms with van der Waals surface area (Å²) in [5, 5.41) is 0.730. The first-order valence-electron chi connectivity index (χ1n) is 5.45. The van der Waals surface area contributed by atoms with Crippen LogP contribution >= 0.6 is 23.2 Å². The maximum absolute atomic E-state index is 6.12. The zero-order valence-electron chi connectivity index (χ0n) is 9.07. The summed E-state index contributed by atoms with van der Waals surface area (Å²) in [6.07, 6.45) is 1.78. The van der Waals surface area contributed by atoms with Gasteiger partial charge >= 0.3 is 0 Å². The van der Waals surface area contributed by atoms with E-state index in [0.29, 0.717) is 5.88 Å². The summed E-state index contributed by atoms with van der Waals surface area (Å²) in [6.45, 7) is 4.95. The molecule has 1 fully saturated rings. The van der Waals surface area contributed by atoms with Crippen molar-refractivity contribution in [1.29, 1.82) is 0 Å². The van der Waals surface area contributed by atoms with Gasteiger partial charge < -0.3 is 4.90 Å². The predicted molar refractivity (Wildman–Crippen MR) is 68.6 cm³/mol. The lowest BCUT2D eigenvalue weighted by atomic mass is 10.3. The van der Waals surface area contributed by atoms with Crippen molar-refractivity contribution < 1.29 is 0 Å². The van der Waals surface area contributed by atoms with E-state index in [4.69, 9.17) is 23.2 Å². The van der Waals surface area contributed by atoms with Crippen LogP contribution in [-0.2, 0) is 0 Å². The number of piperazine rings is 1. The fraction of sp³-hybridized carbons (Fsp3) is 0.545. The first-order chi connectivity index (χ1) is 7.81. The summed E-state index contributed by atoms with van der Waals surface area (Å²) in [6, 6.07) is 3.74. The molecule has 16 heavy (non-hydrogen) atoms. The summed E-state index contributed by atoms with van der Waals surface area (Å²) >= 11 is 11.8. The van der Waals surface area contributed by atoms with Gasteiger partial charge in [-0.05, 0) is 12.1 Å². The minimum atomic E-state index is 0.699. The SMILES string of the molecule is ClCCN1CCN(c2ncccc2Cl)CC1. The number of aromatic nitrogens is 1. The van der Waals surface area contributed by atoms with Gasteiger partial charge in [0.2, 0.25) is 0 Å². The van der Waals surface area contributed by atoms with Crippen molar-refractivity contribution in [3.05, 3.63) is 23.4 Å². The van der Waals surface area contributed by atoms with E-state index in [1.807, 2.05) is 12.1 Å². The van der Waals surface area contributed by atoms with E-state index in [1.54, 1.807) is 6.20 Å². The molecule has 2 rings (SSSR count). The van der Waals surface area contributed by atoms with Gasteiger partial charge in [-0.1, -0.05) is 11.6 Å². The quantitative estimate of drug-likeness (QED) is 0.776. The van der Waals surface area contributed by atoms with Crippen molar-refractivity contribution >= 4 is 29.0 Å². The van der Waals surface area contributed by atoms with Crippen LogP contribution in [0.25, 0.3) is 0 Å². The van der Waals surface area contributed by atoms with E-state index in [-0.39, 0.29) is 0 Å². The van der Waals surface area contributed by atoms with Crippen LogP contribution < -0.4 is 4.90 Å². The van der Waals surface area contributed by atoms with E-state index >= 15 is 0 Å². The molecule has 3 nitrogen and oxygen atoms in total. The fourth-order valence-electron chi connectivity index (χ4n) is 1.91. The molecule has 0 N–H and O–H groups in total. The fourth-order valence-corrected chi connectivity index (χ4v) is 2.39. The second kappa shape index (κ2) is 5.71. The van der Waals surface area contributed by atoms with Crippen LogP contribution in [-0.4, -0.2) is 48.5 Å². The molecule has 0 aliphatic carbocycles. The molecular weight excluding hydrogens is 245 g/mol. The van der Waals surface area contributed by atoms with Gasteiger partial charge in [0.25, 0.3) is 0 Å². The molecule has 2 heterocycles. The van der Waals surface area contributed by atoms with Crippen LogP contribution in [0, 0.1) is 0 Å². The molecule has 88 valence electrons. The molecule has 0 radical (unpaired) electrons. The number of alkyl halides is 1. The van der Waals surface area contributed by atoms with Gasteiger partial charge in [-0.3, -0.25) is 4.90 Å². The van der Waals surface area contributed by atoms with Gasteiger partial charge in [0.05, 0.1) is 5.02 Å². The third-order valence-corrected chi connectivity index (χ3v) is 3.28. The molecule has 1 aromatic heterocycles. The molecule has 0 bridgehead atoms. The number of hydrogen-bond donors (Lipinski definition) is 0. The number of nitrogens with zero attached hydrogens (tertiary/aromatic N) is 3. The molecule has 5 heteroatoms. The van der Waals surface area contributed by atoms with Gasteiger partial charge in [0.1, 0.15) is 5.82 Å². The highest BCUT2D eigenvalue weighted by molar-refractivity contribution is 6.32. The average Bonchev–Trinajstić information content (AvgIpc) is 2.31. The van der Waals surface area contributed by atoms with Crippen LogP contribution in [0.15, 0.2) is 18.3 Å². The average molecular weight is 260 g/mol. The lowest BCUT2D eigenvalue weighted by Gasteiger charge is -2.35. The van der Waals surface area contributed by atoms with Crippen LogP contribution in [0.2, 0.25) is 5.02 Å². The molecule has 0 amide bonds. The standard InChI is InChI=1S/C11H15Cl2N3/c12-3-5-15-6-8-16(9-7-15)11-10(13)2-1-4-14-11/h1-2,4H,3,5-9H2. The minimum Gasteiger partial charge on any atom is -0.353 e. The lowest BCUT2D eigenvalue weighted by molar-refractivity contribution is 0.272. The normalized spacial score (nSPS) is 17.8. The van der Waals surface area contributed by atoms with Gasteiger partial charge in [-0.2, -0.15) is 0 Å². The molecule has 1 aliphatic rings. The Morgan fingerprint density at radius 2 is 2.00 bits per heavy atom. The van der Waals surface area contributed by atoms with Crippen molar-refractivity contribution in [2.75, 3.05) is 43.5 Å². The Balaban J connectivity index is 1.96. The number of pyridine rings is 1. The molecule has 1 saturated heterocycles. The molecule has 0 atom stereocenters. The largest absolute Gasteiger partial charge is 0.353 e. The zero-order valence-corrected chi connectivity index (χ0v) is 10.6. The van der Waals surface area contributed by atoms with Gasteiger partial charge in [-0.25, -0.2) is 4.98 Å². The third-order valence-electron chi connectivity index (χ3n) is 2.81. The highest BCUT2D eigenvalue weighted by atomic mass is 35.5. The first kappa shape index (κ1) is 12.0. The Kier molecular flexibility index (Phi) is 4.27. The second-order valence-corrected chi connectivity index (χ2v) is 4.61. The molecule has 0 spiro atoms. The van der Waals surface area contributed by atoms with E-state index < -0.39 is 0 Å². The van der Waals surface area contributed by atoms with Gasteiger partial charge in [-0.15, -0.1) is 11.6 Å². The summed E-state index contributed by atoms with van der Waals surface area (Å²) < 4.78 is 0. The Morgan fingerprint density at radius 3 is 2.62 bits per heavy atom. The van der Waals surface area contributed by atoms with Crippen LogP contribution in [0.5, 0.6) is 0 Å². The highest BCUT2D eigenvalue weighted by Crippen LogP contribution is 2.23. The minimum absolute atomic E-state index is 0.699. The van der Waals surface area contributed by atoms with E-state index in [9.17, 15) is 0 Å². The lowest BCUT2D eigenvalue weighted by Crippen LogP contribution is -2.47. The van der Waals surface area contributed by atoms with Crippen molar-refractivity contribution in [1.82, 2.24) is 9.88 Å². The summed E-state index contributed by atoms with van der Waals surface area (Å²) in [5.41, 5.74) is 0. The Hall–Kier alpha value is -0.510.